The van der Waals surface area contributed by atoms with Gasteiger partial charge in [0.05, 0.1) is 18.1 Å². The second kappa shape index (κ2) is 6.66. The summed E-state index contributed by atoms with van der Waals surface area (Å²) >= 11 is 3.13. The molecule has 0 atom stereocenters. The van der Waals surface area contributed by atoms with Gasteiger partial charge in [0.1, 0.15) is 11.4 Å². The molecule has 0 saturated carbocycles. The minimum atomic E-state index is -1.39. The van der Waals surface area contributed by atoms with E-state index in [9.17, 15) is 19.7 Å². The Morgan fingerprint density at radius 3 is 2.65 bits per heavy atom. The molecule has 9 heteroatoms. The van der Waals surface area contributed by atoms with Crippen LogP contribution in [0.2, 0.25) is 0 Å². The van der Waals surface area contributed by atoms with Gasteiger partial charge in [0.2, 0.25) is 0 Å². The van der Waals surface area contributed by atoms with Gasteiger partial charge in [-0.05, 0) is 12.1 Å². The number of benzene rings is 1. The molecule has 0 amide bonds. The highest BCUT2D eigenvalue weighted by Crippen LogP contribution is 2.29. The Morgan fingerprint density at radius 1 is 1.50 bits per heavy atom. The first-order chi connectivity index (χ1) is 9.35. The van der Waals surface area contributed by atoms with Crippen molar-refractivity contribution >= 4 is 39.2 Å². The van der Waals surface area contributed by atoms with Crippen molar-refractivity contribution in [2.45, 2.75) is 0 Å². The third-order valence-corrected chi connectivity index (χ3v) is 2.59. The molecule has 0 fully saturated rings. The van der Waals surface area contributed by atoms with E-state index in [-0.39, 0.29) is 11.4 Å². The fraction of sp³-hybridized carbons (Fsp3) is 0.0909. The van der Waals surface area contributed by atoms with Gasteiger partial charge in [-0.1, -0.05) is 15.9 Å². The van der Waals surface area contributed by atoms with Gasteiger partial charge >= 0.3 is 11.9 Å². The van der Waals surface area contributed by atoms with Gasteiger partial charge in [0.25, 0.3) is 5.69 Å². The van der Waals surface area contributed by atoms with Gasteiger partial charge in [-0.25, -0.2) is 9.59 Å². The predicted octanol–water partition coefficient (Wildman–Crippen LogP) is 1.91. The first kappa shape index (κ1) is 15.6. The fourth-order valence-corrected chi connectivity index (χ4v) is 1.65. The third-order valence-electron chi connectivity index (χ3n) is 2.10. The monoisotopic (exact) mass is 344 g/mol. The minimum absolute atomic E-state index is 0.0396. The summed E-state index contributed by atoms with van der Waals surface area (Å²) in [6.07, 6.45) is 0.566. The Balaban J connectivity index is 3.23. The molecule has 1 rings (SSSR count). The summed E-state index contributed by atoms with van der Waals surface area (Å²) < 4.78 is 4.92. The summed E-state index contributed by atoms with van der Waals surface area (Å²) in [5, 5.41) is 21.9. The third kappa shape index (κ3) is 4.05. The molecule has 1 aromatic rings. The lowest BCUT2D eigenvalue weighted by Crippen LogP contribution is -2.15. The number of hydrogen-bond acceptors (Lipinski definition) is 6. The van der Waals surface area contributed by atoms with Crippen LogP contribution in [0.15, 0.2) is 34.4 Å². The first-order valence-corrected chi connectivity index (χ1v) is 5.88. The fourth-order valence-electron chi connectivity index (χ4n) is 1.29. The second-order valence-electron chi connectivity index (χ2n) is 3.43. The number of nitro benzene ring substituents is 1. The van der Waals surface area contributed by atoms with Crippen molar-refractivity contribution < 1.29 is 24.4 Å². The van der Waals surface area contributed by atoms with Crippen molar-refractivity contribution in [1.82, 2.24) is 0 Å². The molecule has 0 aliphatic carbocycles. The number of anilines is 1. The maximum atomic E-state index is 11.4. The van der Waals surface area contributed by atoms with Crippen molar-refractivity contribution in [3.8, 4) is 0 Å². The van der Waals surface area contributed by atoms with Crippen LogP contribution in [0.1, 0.15) is 0 Å². The van der Waals surface area contributed by atoms with Crippen LogP contribution in [0.5, 0.6) is 0 Å². The topological polar surface area (TPSA) is 119 Å². The van der Waals surface area contributed by atoms with Crippen LogP contribution in [0.3, 0.4) is 0 Å². The van der Waals surface area contributed by atoms with E-state index in [1.807, 2.05) is 0 Å². The standard InChI is InChI=1S/C11H9BrN2O6/c1-20-11(17)8(5-10(15)16)13-7-4-6(12)2-3-9(7)14(18)19/h2-5,13H,1H3,(H,15,16). The average Bonchev–Trinajstić information content (AvgIpc) is 2.36. The lowest BCUT2D eigenvalue weighted by molar-refractivity contribution is -0.383. The first-order valence-electron chi connectivity index (χ1n) is 5.09. The van der Waals surface area contributed by atoms with E-state index in [4.69, 9.17) is 5.11 Å². The van der Waals surface area contributed by atoms with Crippen molar-refractivity contribution in [2.24, 2.45) is 0 Å². The molecular weight excluding hydrogens is 336 g/mol. The van der Waals surface area contributed by atoms with Crippen molar-refractivity contribution in [3.05, 3.63) is 44.6 Å². The van der Waals surface area contributed by atoms with Gasteiger partial charge in [-0.15, -0.1) is 0 Å². The number of nitro groups is 1. The summed E-state index contributed by atoms with van der Waals surface area (Å²) in [6.45, 7) is 0. The molecule has 2 N–H and O–H groups in total. The largest absolute Gasteiger partial charge is 0.478 e. The van der Waals surface area contributed by atoms with Gasteiger partial charge < -0.3 is 15.2 Å². The van der Waals surface area contributed by atoms with Crippen molar-refractivity contribution in [1.29, 1.82) is 0 Å². The molecule has 0 bridgehead atoms. The van der Waals surface area contributed by atoms with E-state index in [0.29, 0.717) is 10.5 Å². The maximum Gasteiger partial charge on any atom is 0.354 e. The number of carboxylic acids is 1. The molecule has 0 saturated heterocycles. The average molecular weight is 345 g/mol. The number of aliphatic carboxylic acids is 1. The van der Waals surface area contributed by atoms with E-state index in [2.05, 4.69) is 26.0 Å². The highest BCUT2D eigenvalue weighted by molar-refractivity contribution is 9.10. The highest BCUT2D eigenvalue weighted by Gasteiger charge is 2.19. The zero-order chi connectivity index (χ0) is 15.3. The Hall–Kier alpha value is -2.42. The number of carbonyl (C=O) groups excluding carboxylic acids is 1. The van der Waals surface area contributed by atoms with Crippen LogP contribution in [-0.2, 0) is 14.3 Å². The molecule has 0 unspecified atom stereocenters. The van der Waals surface area contributed by atoms with Crippen LogP contribution in [-0.4, -0.2) is 29.1 Å². The number of halogens is 1. The molecule has 20 heavy (non-hydrogen) atoms. The smallest absolute Gasteiger partial charge is 0.354 e. The summed E-state index contributed by atoms with van der Waals surface area (Å²) in [5.74, 6) is -2.35. The number of carboxylic acid groups (broad SMARTS) is 1. The van der Waals surface area contributed by atoms with E-state index >= 15 is 0 Å². The van der Waals surface area contributed by atoms with Crippen LogP contribution in [0.4, 0.5) is 11.4 Å². The van der Waals surface area contributed by atoms with E-state index in [0.717, 1.165) is 7.11 Å². The Bertz CT molecular complexity index is 599. The number of ether oxygens (including phenoxy) is 1. The Kier molecular flexibility index (Phi) is 5.21. The molecule has 0 aliphatic rings. The molecule has 0 aliphatic heterocycles. The molecule has 8 nitrogen and oxygen atoms in total. The van der Waals surface area contributed by atoms with Gasteiger partial charge in [0, 0.05) is 10.5 Å². The van der Waals surface area contributed by atoms with Gasteiger partial charge in [0.15, 0.2) is 0 Å². The van der Waals surface area contributed by atoms with E-state index in [1.54, 1.807) is 0 Å². The number of nitrogens with zero attached hydrogens (tertiary/aromatic N) is 1. The summed E-state index contributed by atoms with van der Waals surface area (Å²) in [5.41, 5.74) is -0.781. The SMILES string of the molecule is COC(=O)C(=CC(=O)O)Nc1cc(Br)ccc1[N+](=O)[O-]. The molecule has 0 heterocycles. The Labute approximate surface area is 121 Å². The predicted molar refractivity (Wildman–Crippen MR) is 72.2 cm³/mol. The molecule has 0 aromatic heterocycles. The number of hydrogen-bond donors (Lipinski definition) is 2. The highest BCUT2D eigenvalue weighted by atomic mass is 79.9. The zero-order valence-electron chi connectivity index (χ0n) is 10.1. The quantitative estimate of drug-likeness (QED) is 0.362. The van der Waals surface area contributed by atoms with Crippen molar-refractivity contribution in [2.75, 3.05) is 12.4 Å². The number of methoxy groups -OCH3 is 1. The maximum absolute atomic E-state index is 11.4. The van der Waals surface area contributed by atoms with Crippen LogP contribution in [0, 0.1) is 10.1 Å². The number of nitrogens with one attached hydrogen (secondary N) is 1. The number of carbonyl (C=O) groups is 2. The zero-order valence-corrected chi connectivity index (χ0v) is 11.7. The summed E-state index contributed by atoms with van der Waals surface area (Å²) in [6, 6.07) is 4.00. The van der Waals surface area contributed by atoms with Crippen LogP contribution >= 0.6 is 15.9 Å². The molecule has 0 spiro atoms. The van der Waals surface area contributed by atoms with Gasteiger partial charge in [-0.2, -0.15) is 0 Å². The molecular formula is C11H9BrN2O6. The van der Waals surface area contributed by atoms with E-state index in [1.165, 1.54) is 18.2 Å². The summed E-state index contributed by atoms with van der Waals surface area (Å²) in [7, 11) is 1.06. The lowest BCUT2D eigenvalue weighted by atomic mass is 10.2. The molecule has 1 aromatic carbocycles. The van der Waals surface area contributed by atoms with Gasteiger partial charge in [-0.3, -0.25) is 10.1 Å². The minimum Gasteiger partial charge on any atom is -0.478 e. The molecule has 106 valence electrons. The lowest BCUT2D eigenvalue weighted by Gasteiger charge is -2.09. The normalized spacial score (nSPS) is 10.8. The Morgan fingerprint density at radius 2 is 2.15 bits per heavy atom. The van der Waals surface area contributed by atoms with E-state index < -0.39 is 22.6 Å². The summed E-state index contributed by atoms with van der Waals surface area (Å²) in [4.78, 5) is 32.3. The molecule has 0 radical (unpaired) electrons. The van der Waals surface area contributed by atoms with Crippen LogP contribution in [0.25, 0.3) is 0 Å². The number of esters is 1. The number of rotatable bonds is 5. The van der Waals surface area contributed by atoms with Crippen LogP contribution < -0.4 is 5.32 Å². The second-order valence-corrected chi connectivity index (χ2v) is 4.35. The van der Waals surface area contributed by atoms with Crippen molar-refractivity contribution in [3.63, 3.8) is 0 Å².